The van der Waals surface area contributed by atoms with E-state index in [1.165, 1.54) is 18.4 Å². The quantitative estimate of drug-likeness (QED) is 0.821. The summed E-state index contributed by atoms with van der Waals surface area (Å²) in [5.74, 6) is 0.944. The zero-order valence-corrected chi connectivity index (χ0v) is 12.9. The molecule has 0 aliphatic carbocycles. The summed E-state index contributed by atoms with van der Waals surface area (Å²) < 4.78 is 5.45. The highest BCUT2D eigenvalue weighted by atomic mass is 16.5. The Labute approximate surface area is 117 Å². The molecule has 0 aliphatic heterocycles. The van der Waals surface area contributed by atoms with E-state index in [-0.39, 0.29) is 6.04 Å². The molecule has 0 fully saturated rings. The van der Waals surface area contributed by atoms with Gasteiger partial charge in [-0.1, -0.05) is 19.4 Å². The van der Waals surface area contributed by atoms with E-state index in [4.69, 9.17) is 10.5 Å². The minimum absolute atomic E-state index is 0.0584. The van der Waals surface area contributed by atoms with E-state index in [9.17, 15) is 0 Å². The average Bonchev–Trinajstić information content (AvgIpc) is 2.38. The van der Waals surface area contributed by atoms with Crippen LogP contribution in [0.4, 0.5) is 0 Å². The molecule has 1 aromatic carbocycles. The smallest absolute Gasteiger partial charge is 0.123 e. The van der Waals surface area contributed by atoms with Crippen molar-refractivity contribution >= 4 is 0 Å². The molecule has 0 heterocycles. The molecule has 0 aromatic heterocycles. The molecule has 2 atom stereocenters. The highest BCUT2D eigenvalue weighted by molar-refractivity contribution is 5.38. The Bertz CT molecular complexity index is 390. The van der Waals surface area contributed by atoms with Crippen molar-refractivity contribution in [3.05, 3.63) is 29.3 Å². The Balaban J connectivity index is 2.88. The SMILES string of the molecule is CCCC(C)N(C)Cc1cc(C(C)N)ccc1OC. The summed E-state index contributed by atoms with van der Waals surface area (Å²) in [6.07, 6.45) is 2.42. The van der Waals surface area contributed by atoms with Gasteiger partial charge in [-0.3, -0.25) is 4.90 Å². The van der Waals surface area contributed by atoms with Crippen molar-refractivity contribution in [1.82, 2.24) is 4.90 Å². The molecule has 0 amide bonds. The van der Waals surface area contributed by atoms with Crippen molar-refractivity contribution in [3.8, 4) is 5.75 Å². The lowest BCUT2D eigenvalue weighted by Gasteiger charge is -2.25. The molecule has 1 aromatic rings. The summed E-state index contributed by atoms with van der Waals surface area (Å²) >= 11 is 0. The van der Waals surface area contributed by atoms with E-state index >= 15 is 0 Å². The third-order valence-corrected chi connectivity index (χ3v) is 3.71. The molecule has 0 saturated carbocycles. The number of methoxy groups -OCH3 is 1. The van der Waals surface area contributed by atoms with Crippen molar-refractivity contribution in [3.63, 3.8) is 0 Å². The highest BCUT2D eigenvalue weighted by Gasteiger charge is 2.13. The van der Waals surface area contributed by atoms with Gasteiger partial charge in [0.05, 0.1) is 7.11 Å². The zero-order valence-electron chi connectivity index (χ0n) is 12.9. The Morgan fingerprint density at radius 1 is 1.32 bits per heavy atom. The van der Waals surface area contributed by atoms with Gasteiger partial charge in [-0.2, -0.15) is 0 Å². The number of benzene rings is 1. The molecule has 3 heteroatoms. The van der Waals surface area contributed by atoms with Crippen LogP contribution in [0.5, 0.6) is 5.75 Å². The van der Waals surface area contributed by atoms with Gasteiger partial charge in [0, 0.05) is 24.2 Å². The molecule has 2 unspecified atom stereocenters. The average molecular weight is 264 g/mol. The van der Waals surface area contributed by atoms with Gasteiger partial charge in [0.2, 0.25) is 0 Å². The second-order valence-corrected chi connectivity index (χ2v) is 5.41. The molecule has 1 rings (SSSR count). The Kier molecular flexibility index (Phi) is 6.32. The van der Waals surface area contributed by atoms with E-state index in [2.05, 4.69) is 31.9 Å². The minimum Gasteiger partial charge on any atom is -0.496 e. The van der Waals surface area contributed by atoms with Crippen LogP contribution >= 0.6 is 0 Å². The van der Waals surface area contributed by atoms with Crippen LogP contribution in [-0.4, -0.2) is 25.1 Å². The Morgan fingerprint density at radius 2 is 2.00 bits per heavy atom. The second-order valence-electron chi connectivity index (χ2n) is 5.41. The van der Waals surface area contributed by atoms with E-state index in [1.54, 1.807) is 7.11 Å². The van der Waals surface area contributed by atoms with E-state index in [1.807, 2.05) is 19.1 Å². The van der Waals surface area contributed by atoms with Crippen LogP contribution in [0.15, 0.2) is 18.2 Å². The number of nitrogens with two attached hydrogens (primary N) is 1. The van der Waals surface area contributed by atoms with Crippen LogP contribution in [0, 0.1) is 0 Å². The zero-order chi connectivity index (χ0) is 14.4. The number of rotatable bonds is 7. The monoisotopic (exact) mass is 264 g/mol. The summed E-state index contributed by atoms with van der Waals surface area (Å²) in [7, 11) is 3.89. The predicted octanol–water partition coefficient (Wildman–Crippen LogP) is 3.34. The summed E-state index contributed by atoms with van der Waals surface area (Å²) in [5.41, 5.74) is 8.33. The van der Waals surface area contributed by atoms with Crippen LogP contribution in [0.3, 0.4) is 0 Å². The molecule has 0 radical (unpaired) electrons. The third-order valence-electron chi connectivity index (χ3n) is 3.71. The first-order valence-corrected chi connectivity index (χ1v) is 7.12. The first-order chi connectivity index (χ1) is 8.99. The molecular weight excluding hydrogens is 236 g/mol. The summed E-state index contributed by atoms with van der Waals surface area (Å²) in [6, 6.07) is 6.87. The maximum Gasteiger partial charge on any atom is 0.123 e. The Hall–Kier alpha value is -1.06. The third kappa shape index (κ3) is 4.51. The first-order valence-electron chi connectivity index (χ1n) is 7.12. The standard InChI is InChI=1S/C16H28N2O/c1-6-7-12(2)18(4)11-15-10-14(13(3)17)8-9-16(15)19-5/h8-10,12-13H,6-7,11,17H2,1-5H3. The van der Waals surface area contributed by atoms with Gasteiger partial charge in [0.1, 0.15) is 5.75 Å². The number of hydrogen-bond donors (Lipinski definition) is 1. The van der Waals surface area contributed by atoms with Gasteiger partial charge in [0.15, 0.2) is 0 Å². The summed E-state index contributed by atoms with van der Waals surface area (Å²) in [4.78, 5) is 2.37. The van der Waals surface area contributed by atoms with Gasteiger partial charge >= 0.3 is 0 Å². The molecule has 2 N–H and O–H groups in total. The van der Waals surface area contributed by atoms with Crippen molar-refractivity contribution in [1.29, 1.82) is 0 Å². The normalized spacial score (nSPS) is 14.5. The molecule has 0 aliphatic rings. The molecule has 3 nitrogen and oxygen atoms in total. The molecule has 19 heavy (non-hydrogen) atoms. The lowest BCUT2D eigenvalue weighted by molar-refractivity contribution is 0.233. The van der Waals surface area contributed by atoms with Crippen molar-refractivity contribution in [2.24, 2.45) is 5.73 Å². The molecular formula is C16H28N2O. The maximum absolute atomic E-state index is 5.96. The lowest BCUT2D eigenvalue weighted by Crippen LogP contribution is -2.28. The molecule has 0 bridgehead atoms. The maximum atomic E-state index is 5.96. The van der Waals surface area contributed by atoms with E-state index < -0.39 is 0 Å². The van der Waals surface area contributed by atoms with Gasteiger partial charge in [0.25, 0.3) is 0 Å². The topological polar surface area (TPSA) is 38.5 Å². The van der Waals surface area contributed by atoms with Gasteiger partial charge in [-0.05, 0) is 45.0 Å². The summed E-state index contributed by atoms with van der Waals surface area (Å²) in [6.45, 7) is 7.40. The van der Waals surface area contributed by atoms with Crippen molar-refractivity contribution < 1.29 is 4.74 Å². The minimum atomic E-state index is 0.0584. The van der Waals surface area contributed by atoms with Crippen LogP contribution < -0.4 is 10.5 Å². The highest BCUT2D eigenvalue weighted by Crippen LogP contribution is 2.24. The van der Waals surface area contributed by atoms with Crippen LogP contribution in [0.1, 0.15) is 50.8 Å². The fraction of sp³-hybridized carbons (Fsp3) is 0.625. The first kappa shape index (κ1) is 16.0. The fourth-order valence-electron chi connectivity index (χ4n) is 2.27. The number of hydrogen-bond acceptors (Lipinski definition) is 3. The number of ether oxygens (including phenoxy) is 1. The van der Waals surface area contributed by atoms with Crippen molar-refractivity contribution in [2.45, 2.75) is 52.2 Å². The second kappa shape index (κ2) is 7.51. The Morgan fingerprint density at radius 3 is 2.53 bits per heavy atom. The van der Waals surface area contributed by atoms with Crippen LogP contribution in [0.25, 0.3) is 0 Å². The van der Waals surface area contributed by atoms with Gasteiger partial charge in [-0.25, -0.2) is 0 Å². The molecule has 0 spiro atoms. The molecule has 0 saturated heterocycles. The lowest BCUT2D eigenvalue weighted by atomic mass is 10.0. The van der Waals surface area contributed by atoms with Gasteiger partial charge < -0.3 is 10.5 Å². The predicted molar refractivity (Wildman–Crippen MR) is 81.4 cm³/mol. The summed E-state index contributed by atoms with van der Waals surface area (Å²) in [5, 5.41) is 0. The fourth-order valence-corrected chi connectivity index (χ4v) is 2.27. The molecule has 108 valence electrons. The number of nitrogens with zero attached hydrogens (tertiary/aromatic N) is 1. The van der Waals surface area contributed by atoms with Gasteiger partial charge in [-0.15, -0.1) is 0 Å². The van der Waals surface area contributed by atoms with Crippen LogP contribution in [0.2, 0.25) is 0 Å². The van der Waals surface area contributed by atoms with Crippen LogP contribution in [-0.2, 0) is 6.54 Å². The largest absolute Gasteiger partial charge is 0.496 e. The van der Waals surface area contributed by atoms with E-state index in [0.29, 0.717) is 6.04 Å². The van der Waals surface area contributed by atoms with E-state index in [0.717, 1.165) is 17.9 Å². The van der Waals surface area contributed by atoms with Crippen molar-refractivity contribution in [2.75, 3.05) is 14.2 Å².